The van der Waals surface area contributed by atoms with Crippen LogP contribution in [0.15, 0.2) is 0 Å². The maximum absolute atomic E-state index is 12.6. The number of nitrogens with one attached hydrogen (secondary N) is 1. The highest BCUT2D eigenvalue weighted by molar-refractivity contribution is 5.91. The van der Waals surface area contributed by atoms with Crippen molar-refractivity contribution in [2.24, 2.45) is 11.3 Å². The minimum absolute atomic E-state index is 0.0762. The molecule has 0 unspecified atom stereocenters. The molecule has 1 fully saturated rings. The van der Waals surface area contributed by atoms with Crippen molar-refractivity contribution in [3.05, 3.63) is 0 Å². The summed E-state index contributed by atoms with van der Waals surface area (Å²) >= 11 is 0. The fourth-order valence-corrected chi connectivity index (χ4v) is 2.23. The summed E-state index contributed by atoms with van der Waals surface area (Å²) in [7, 11) is 1.31. The first kappa shape index (κ1) is 16.0. The number of methoxy groups -OCH3 is 1. The molecular weight excluding hydrogens is 246 g/mol. The number of Topliss-reactive ketones (excluding diaryl/α,β-unsaturated/α-hetero) is 1. The van der Waals surface area contributed by atoms with Crippen molar-refractivity contribution in [3.63, 3.8) is 0 Å². The van der Waals surface area contributed by atoms with Crippen molar-refractivity contribution in [1.82, 2.24) is 5.32 Å². The summed E-state index contributed by atoms with van der Waals surface area (Å²) in [5, 5.41) is 2.71. The standard InChI is InChI=1S/C14H25NO4/c1-5-14(2,3)12(16)11(15-13(17)18-4)10-6-8-19-9-7-10/h10-11H,5-9H2,1-4H3,(H,15,17)/t11-/m0/s1. The van der Waals surface area contributed by atoms with Gasteiger partial charge in [0.2, 0.25) is 0 Å². The lowest BCUT2D eigenvalue weighted by Crippen LogP contribution is -2.51. The summed E-state index contributed by atoms with van der Waals surface area (Å²) in [5.74, 6) is 0.207. The van der Waals surface area contributed by atoms with E-state index in [0.717, 1.165) is 19.3 Å². The maximum Gasteiger partial charge on any atom is 0.407 e. The van der Waals surface area contributed by atoms with Crippen molar-refractivity contribution in [2.75, 3.05) is 20.3 Å². The Labute approximate surface area is 115 Å². The van der Waals surface area contributed by atoms with Crippen LogP contribution in [0.2, 0.25) is 0 Å². The van der Waals surface area contributed by atoms with Crippen molar-refractivity contribution in [1.29, 1.82) is 0 Å². The van der Waals surface area contributed by atoms with Crippen LogP contribution >= 0.6 is 0 Å². The van der Waals surface area contributed by atoms with Crippen LogP contribution in [-0.4, -0.2) is 38.2 Å². The normalized spacial score (nSPS) is 18.7. The average molecular weight is 271 g/mol. The number of hydrogen-bond donors (Lipinski definition) is 1. The molecule has 0 aromatic carbocycles. The van der Waals surface area contributed by atoms with E-state index in [4.69, 9.17) is 4.74 Å². The van der Waals surface area contributed by atoms with Crippen molar-refractivity contribution >= 4 is 11.9 Å². The van der Waals surface area contributed by atoms with E-state index in [0.29, 0.717) is 13.2 Å². The second kappa shape index (κ2) is 6.89. The largest absolute Gasteiger partial charge is 0.453 e. The third-order valence-electron chi connectivity index (χ3n) is 4.03. The van der Waals surface area contributed by atoms with Crippen LogP contribution in [0.1, 0.15) is 40.0 Å². The van der Waals surface area contributed by atoms with Gasteiger partial charge in [-0.15, -0.1) is 0 Å². The lowest BCUT2D eigenvalue weighted by molar-refractivity contribution is -0.131. The van der Waals surface area contributed by atoms with E-state index in [1.54, 1.807) is 0 Å². The molecule has 5 nitrogen and oxygen atoms in total. The molecule has 110 valence electrons. The molecule has 1 aliphatic rings. The predicted octanol–water partition coefficient (Wildman–Crippen LogP) is 2.14. The molecule has 1 saturated heterocycles. The van der Waals surface area contributed by atoms with Crippen LogP contribution in [0.5, 0.6) is 0 Å². The quantitative estimate of drug-likeness (QED) is 0.832. The molecule has 1 N–H and O–H groups in total. The molecule has 19 heavy (non-hydrogen) atoms. The number of alkyl carbamates (subject to hydrolysis) is 1. The lowest BCUT2D eigenvalue weighted by Gasteiger charge is -2.34. The number of hydrogen-bond acceptors (Lipinski definition) is 4. The summed E-state index contributed by atoms with van der Waals surface area (Å²) < 4.78 is 9.95. The van der Waals surface area contributed by atoms with Gasteiger partial charge >= 0.3 is 6.09 Å². The first-order chi connectivity index (χ1) is 8.92. The number of ether oxygens (including phenoxy) is 2. The molecule has 0 spiro atoms. The second-order valence-corrected chi connectivity index (χ2v) is 5.67. The molecular formula is C14H25NO4. The van der Waals surface area contributed by atoms with Gasteiger partial charge < -0.3 is 14.8 Å². The van der Waals surface area contributed by atoms with Gasteiger partial charge in [-0.3, -0.25) is 4.79 Å². The highest BCUT2D eigenvalue weighted by Crippen LogP contribution is 2.28. The summed E-state index contributed by atoms with van der Waals surface area (Å²) in [6.07, 6.45) is 1.78. The topological polar surface area (TPSA) is 64.6 Å². The van der Waals surface area contributed by atoms with Gasteiger partial charge in [-0.25, -0.2) is 4.79 Å². The predicted molar refractivity (Wildman–Crippen MR) is 72.0 cm³/mol. The number of amides is 1. The number of ketones is 1. The fourth-order valence-electron chi connectivity index (χ4n) is 2.23. The van der Waals surface area contributed by atoms with E-state index in [-0.39, 0.29) is 11.7 Å². The van der Waals surface area contributed by atoms with E-state index in [9.17, 15) is 9.59 Å². The Morgan fingerprint density at radius 3 is 2.42 bits per heavy atom. The molecule has 1 heterocycles. The minimum Gasteiger partial charge on any atom is -0.453 e. The second-order valence-electron chi connectivity index (χ2n) is 5.67. The van der Waals surface area contributed by atoms with Crippen LogP contribution in [0.4, 0.5) is 4.79 Å². The monoisotopic (exact) mass is 271 g/mol. The van der Waals surface area contributed by atoms with Crippen molar-refractivity contribution in [3.8, 4) is 0 Å². The van der Waals surface area contributed by atoms with Gasteiger partial charge in [0.25, 0.3) is 0 Å². The summed E-state index contributed by atoms with van der Waals surface area (Å²) in [6, 6.07) is -0.480. The first-order valence-corrected chi connectivity index (χ1v) is 6.89. The zero-order chi connectivity index (χ0) is 14.5. The Bertz CT molecular complexity index is 321. The van der Waals surface area contributed by atoms with Gasteiger partial charge in [-0.2, -0.15) is 0 Å². The highest BCUT2D eigenvalue weighted by Gasteiger charge is 2.38. The smallest absolute Gasteiger partial charge is 0.407 e. The van der Waals surface area contributed by atoms with Gasteiger partial charge in [-0.05, 0) is 25.2 Å². The molecule has 0 saturated carbocycles. The first-order valence-electron chi connectivity index (χ1n) is 6.89. The van der Waals surface area contributed by atoms with E-state index in [1.165, 1.54) is 7.11 Å². The van der Waals surface area contributed by atoms with E-state index < -0.39 is 17.6 Å². The van der Waals surface area contributed by atoms with E-state index in [2.05, 4.69) is 10.1 Å². The molecule has 1 aliphatic heterocycles. The Kier molecular flexibility index (Phi) is 5.79. The van der Waals surface area contributed by atoms with E-state index >= 15 is 0 Å². The summed E-state index contributed by atoms with van der Waals surface area (Å²) in [5.41, 5.74) is -0.440. The summed E-state index contributed by atoms with van der Waals surface area (Å²) in [4.78, 5) is 24.1. The SMILES string of the molecule is CCC(C)(C)C(=O)[C@@H](NC(=O)OC)C1CCOCC1. The van der Waals surface area contributed by atoms with Gasteiger partial charge in [0.1, 0.15) is 0 Å². The highest BCUT2D eigenvalue weighted by atomic mass is 16.5. The van der Waals surface area contributed by atoms with Crippen LogP contribution < -0.4 is 5.32 Å². The van der Waals surface area contributed by atoms with Gasteiger partial charge in [0, 0.05) is 18.6 Å². The molecule has 0 aromatic rings. The lowest BCUT2D eigenvalue weighted by atomic mass is 9.76. The number of rotatable bonds is 5. The van der Waals surface area contributed by atoms with Crippen molar-refractivity contribution < 1.29 is 19.1 Å². The van der Waals surface area contributed by atoms with Gasteiger partial charge in [0.05, 0.1) is 13.2 Å². The Balaban J connectivity index is 2.84. The zero-order valence-electron chi connectivity index (χ0n) is 12.3. The van der Waals surface area contributed by atoms with Gasteiger partial charge in [0.15, 0.2) is 5.78 Å². The molecule has 1 atom stereocenters. The van der Waals surface area contributed by atoms with Crippen LogP contribution in [0.3, 0.4) is 0 Å². The van der Waals surface area contributed by atoms with Crippen LogP contribution in [0, 0.1) is 11.3 Å². The average Bonchev–Trinajstić information content (AvgIpc) is 2.44. The minimum atomic E-state index is -0.545. The molecule has 1 amide bonds. The van der Waals surface area contributed by atoms with Crippen molar-refractivity contribution in [2.45, 2.75) is 46.1 Å². The molecule has 0 aliphatic carbocycles. The molecule has 0 aromatic heterocycles. The Hall–Kier alpha value is -1.10. The molecule has 0 radical (unpaired) electrons. The van der Waals surface area contributed by atoms with Gasteiger partial charge in [-0.1, -0.05) is 20.8 Å². The third kappa shape index (κ3) is 4.20. The number of carbonyl (C=O) groups is 2. The number of carbonyl (C=O) groups excluding carboxylic acids is 2. The van der Waals surface area contributed by atoms with Crippen LogP contribution in [0.25, 0.3) is 0 Å². The van der Waals surface area contributed by atoms with E-state index in [1.807, 2.05) is 20.8 Å². The summed E-state index contributed by atoms with van der Waals surface area (Å²) in [6.45, 7) is 7.10. The Morgan fingerprint density at radius 1 is 1.37 bits per heavy atom. The zero-order valence-corrected chi connectivity index (χ0v) is 12.3. The fraction of sp³-hybridized carbons (Fsp3) is 0.857. The molecule has 5 heteroatoms. The molecule has 0 bridgehead atoms. The molecule has 1 rings (SSSR count). The van der Waals surface area contributed by atoms with Crippen LogP contribution in [-0.2, 0) is 14.3 Å². The maximum atomic E-state index is 12.6. The Morgan fingerprint density at radius 2 is 1.95 bits per heavy atom. The third-order valence-corrected chi connectivity index (χ3v) is 4.03.